The lowest BCUT2D eigenvalue weighted by Crippen LogP contribution is -2.22. The smallest absolute Gasteiger partial charge is 0.119 e. The highest BCUT2D eigenvalue weighted by Crippen LogP contribution is 2.37. The third-order valence-corrected chi connectivity index (χ3v) is 5.06. The van der Waals surface area contributed by atoms with Gasteiger partial charge in [-0.2, -0.15) is 0 Å². The van der Waals surface area contributed by atoms with Crippen LogP contribution in [0.3, 0.4) is 0 Å². The molecule has 2 nitrogen and oxygen atoms in total. The predicted octanol–water partition coefficient (Wildman–Crippen LogP) is 4.45. The molecule has 0 saturated carbocycles. The van der Waals surface area contributed by atoms with Crippen molar-refractivity contribution in [2.75, 3.05) is 6.26 Å². The van der Waals surface area contributed by atoms with Gasteiger partial charge in [0.15, 0.2) is 0 Å². The van der Waals surface area contributed by atoms with Gasteiger partial charge in [-0.15, -0.1) is 11.8 Å². The molecule has 3 heteroatoms. The van der Waals surface area contributed by atoms with Gasteiger partial charge in [0.25, 0.3) is 0 Å². The summed E-state index contributed by atoms with van der Waals surface area (Å²) in [4.78, 5) is 1.29. The number of phenolic OH excluding ortho intramolecular Hbond substituents is 1. The van der Waals surface area contributed by atoms with Gasteiger partial charge in [0.05, 0.1) is 0 Å². The maximum absolute atomic E-state index is 9.93. The second-order valence-corrected chi connectivity index (χ2v) is 6.48. The zero-order valence-corrected chi connectivity index (χ0v) is 13.3. The molecule has 0 amide bonds. The van der Waals surface area contributed by atoms with Crippen LogP contribution >= 0.6 is 11.8 Å². The van der Waals surface area contributed by atoms with E-state index in [1.54, 1.807) is 17.8 Å². The first-order valence-electron chi connectivity index (χ1n) is 7.40. The summed E-state index contributed by atoms with van der Waals surface area (Å²) in [5.74, 6) is 0.439. The monoisotopic (exact) mass is 299 g/mol. The van der Waals surface area contributed by atoms with Gasteiger partial charge in [-0.1, -0.05) is 24.3 Å². The van der Waals surface area contributed by atoms with Gasteiger partial charge in [0.2, 0.25) is 0 Å². The van der Waals surface area contributed by atoms with E-state index in [2.05, 4.69) is 48.8 Å². The number of benzene rings is 2. The molecule has 0 radical (unpaired) electrons. The minimum Gasteiger partial charge on any atom is -0.508 e. The molecule has 3 rings (SSSR count). The van der Waals surface area contributed by atoms with Crippen molar-refractivity contribution in [3.63, 3.8) is 0 Å². The summed E-state index contributed by atoms with van der Waals surface area (Å²) in [5.41, 5.74) is 3.67. The van der Waals surface area contributed by atoms with E-state index in [0.717, 1.165) is 18.4 Å². The Kier molecular flexibility index (Phi) is 4.22. The van der Waals surface area contributed by atoms with Crippen LogP contribution in [0.5, 0.6) is 5.75 Å². The minimum atomic E-state index is 0.305. The van der Waals surface area contributed by atoms with Crippen LogP contribution in [0.2, 0.25) is 0 Å². The van der Waals surface area contributed by atoms with Gasteiger partial charge < -0.3 is 10.4 Å². The first-order chi connectivity index (χ1) is 10.2. The fourth-order valence-electron chi connectivity index (χ4n) is 3.10. The molecule has 0 aliphatic heterocycles. The van der Waals surface area contributed by atoms with Crippen LogP contribution in [0.4, 0.5) is 0 Å². The van der Waals surface area contributed by atoms with Crippen LogP contribution in [-0.4, -0.2) is 11.4 Å². The van der Waals surface area contributed by atoms with Crippen molar-refractivity contribution in [1.82, 2.24) is 5.32 Å². The number of fused-ring (bicyclic) bond motifs is 1. The summed E-state index contributed by atoms with van der Waals surface area (Å²) < 4.78 is 0. The number of rotatable bonds is 4. The molecule has 2 aromatic rings. The maximum Gasteiger partial charge on any atom is 0.119 e. The third kappa shape index (κ3) is 2.94. The Labute approximate surface area is 130 Å². The minimum absolute atomic E-state index is 0.305. The normalized spacial score (nSPS) is 18.5. The molecular weight excluding hydrogens is 278 g/mol. The molecule has 0 spiro atoms. The molecule has 2 N–H and O–H groups in total. The number of aromatic hydroxyl groups is 1. The van der Waals surface area contributed by atoms with Gasteiger partial charge in [-0.25, -0.2) is 0 Å². The fourth-order valence-corrected chi connectivity index (χ4v) is 3.51. The molecule has 110 valence electrons. The van der Waals surface area contributed by atoms with Crippen molar-refractivity contribution in [2.45, 2.75) is 36.7 Å². The van der Waals surface area contributed by atoms with E-state index in [9.17, 15) is 5.11 Å². The van der Waals surface area contributed by atoms with Crippen LogP contribution in [0, 0.1) is 0 Å². The molecule has 21 heavy (non-hydrogen) atoms. The van der Waals surface area contributed by atoms with Crippen molar-refractivity contribution < 1.29 is 5.11 Å². The standard InChI is InChI=1S/C18H21NOS/c1-12(13-6-8-14(21-2)9-7-13)19-17-11-10-16-15(17)4-3-5-18(16)20/h3-9,12,17,19-20H,10-11H2,1-2H3. The third-order valence-electron chi connectivity index (χ3n) is 4.31. The van der Waals surface area contributed by atoms with Crippen molar-refractivity contribution in [1.29, 1.82) is 0 Å². The number of hydrogen-bond acceptors (Lipinski definition) is 3. The molecule has 1 aliphatic carbocycles. The molecule has 0 aromatic heterocycles. The molecule has 2 aromatic carbocycles. The number of hydrogen-bond donors (Lipinski definition) is 2. The summed E-state index contributed by atoms with van der Waals surface area (Å²) in [6.45, 7) is 2.20. The summed E-state index contributed by atoms with van der Waals surface area (Å²) >= 11 is 1.77. The van der Waals surface area contributed by atoms with E-state index in [0.29, 0.717) is 17.8 Å². The zero-order chi connectivity index (χ0) is 14.8. The van der Waals surface area contributed by atoms with E-state index >= 15 is 0 Å². The topological polar surface area (TPSA) is 32.3 Å². The first kappa shape index (κ1) is 14.5. The van der Waals surface area contributed by atoms with Crippen molar-refractivity contribution in [3.05, 3.63) is 59.2 Å². The predicted molar refractivity (Wildman–Crippen MR) is 88.9 cm³/mol. The molecule has 1 aliphatic rings. The molecule has 2 unspecified atom stereocenters. The Morgan fingerprint density at radius 1 is 1.19 bits per heavy atom. The van der Waals surface area contributed by atoms with Gasteiger partial charge >= 0.3 is 0 Å². The number of nitrogens with one attached hydrogen (secondary N) is 1. The lowest BCUT2D eigenvalue weighted by atomic mass is 10.0. The Balaban J connectivity index is 1.74. The molecule has 2 atom stereocenters. The van der Waals surface area contributed by atoms with E-state index in [-0.39, 0.29) is 0 Å². The van der Waals surface area contributed by atoms with Gasteiger partial charge in [-0.3, -0.25) is 0 Å². The van der Waals surface area contributed by atoms with Crippen LogP contribution in [0.1, 0.15) is 42.1 Å². The van der Waals surface area contributed by atoms with Crippen molar-refractivity contribution >= 4 is 11.8 Å². The van der Waals surface area contributed by atoms with Gasteiger partial charge in [0.1, 0.15) is 5.75 Å². The lowest BCUT2D eigenvalue weighted by Gasteiger charge is -2.21. The Hall–Kier alpha value is -1.45. The first-order valence-corrected chi connectivity index (χ1v) is 8.62. The number of thioether (sulfide) groups is 1. The average molecular weight is 299 g/mol. The molecule has 0 heterocycles. The summed E-state index contributed by atoms with van der Waals surface area (Å²) in [6, 6.07) is 15.2. The lowest BCUT2D eigenvalue weighted by molar-refractivity contribution is 0.465. The van der Waals surface area contributed by atoms with Crippen LogP contribution in [-0.2, 0) is 6.42 Å². The Morgan fingerprint density at radius 2 is 1.95 bits per heavy atom. The maximum atomic E-state index is 9.93. The average Bonchev–Trinajstić information content (AvgIpc) is 2.92. The zero-order valence-electron chi connectivity index (χ0n) is 12.5. The van der Waals surface area contributed by atoms with Gasteiger partial charge in [-0.05, 0) is 60.9 Å². The van der Waals surface area contributed by atoms with Crippen molar-refractivity contribution in [3.8, 4) is 5.75 Å². The highest BCUT2D eigenvalue weighted by atomic mass is 32.2. The largest absolute Gasteiger partial charge is 0.508 e. The van der Waals surface area contributed by atoms with E-state index in [4.69, 9.17) is 0 Å². The Morgan fingerprint density at radius 3 is 2.67 bits per heavy atom. The molecular formula is C18H21NOS. The van der Waals surface area contributed by atoms with Crippen LogP contribution < -0.4 is 5.32 Å². The van der Waals surface area contributed by atoms with E-state index in [1.807, 2.05) is 6.07 Å². The summed E-state index contributed by atoms with van der Waals surface area (Å²) in [5, 5.41) is 13.6. The second kappa shape index (κ2) is 6.12. The highest BCUT2D eigenvalue weighted by Gasteiger charge is 2.25. The van der Waals surface area contributed by atoms with Crippen molar-refractivity contribution in [2.24, 2.45) is 0 Å². The fraction of sp³-hybridized carbons (Fsp3) is 0.333. The van der Waals surface area contributed by atoms with Crippen LogP contribution in [0.25, 0.3) is 0 Å². The summed E-state index contributed by atoms with van der Waals surface area (Å²) in [7, 11) is 0. The van der Waals surface area contributed by atoms with Crippen LogP contribution in [0.15, 0.2) is 47.4 Å². The SMILES string of the molecule is CSc1ccc(C(C)NC2CCc3c(O)cccc32)cc1. The van der Waals surface area contributed by atoms with E-state index < -0.39 is 0 Å². The quantitative estimate of drug-likeness (QED) is 0.818. The highest BCUT2D eigenvalue weighted by molar-refractivity contribution is 7.98. The summed E-state index contributed by atoms with van der Waals surface area (Å²) in [6.07, 6.45) is 4.11. The molecule has 0 fully saturated rings. The Bertz CT molecular complexity index is 624. The molecule has 0 bridgehead atoms. The second-order valence-electron chi connectivity index (χ2n) is 5.60. The van der Waals surface area contributed by atoms with E-state index in [1.165, 1.54) is 16.0 Å². The van der Waals surface area contributed by atoms with Gasteiger partial charge in [0, 0.05) is 17.0 Å². The molecule has 0 saturated heterocycles. The number of phenols is 1.